The summed E-state index contributed by atoms with van der Waals surface area (Å²) in [5.74, 6) is 0.869. The van der Waals surface area contributed by atoms with Gasteiger partial charge in [-0.15, -0.1) is 0 Å². The van der Waals surface area contributed by atoms with Gasteiger partial charge < -0.3 is 10.5 Å². The zero-order valence-electron chi connectivity index (χ0n) is 10.8. The van der Waals surface area contributed by atoms with E-state index in [9.17, 15) is 0 Å². The highest BCUT2D eigenvalue weighted by Gasteiger charge is 2.07. The second kappa shape index (κ2) is 5.85. The second-order valence-electron chi connectivity index (χ2n) is 4.51. The molecule has 100 valence electrons. The molecule has 0 aliphatic carbocycles. The van der Waals surface area contributed by atoms with Gasteiger partial charge in [-0.1, -0.05) is 33.6 Å². The molecule has 0 amide bonds. The number of hydrogen-bond donors (Lipinski definition) is 1. The van der Waals surface area contributed by atoms with Gasteiger partial charge in [0.2, 0.25) is 0 Å². The number of hydrogen-bond acceptors (Lipinski definition) is 2. The number of benzene rings is 2. The lowest BCUT2D eigenvalue weighted by atomic mass is 10.1. The molecule has 0 spiro atoms. The van der Waals surface area contributed by atoms with Crippen LogP contribution in [0.1, 0.15) is 16.7 Å². The third-order valence-corrected chi connectivity index (χ3v) is 3.71. The molecule has 0 fully saturated rings. The number of anilines is 1. The molecular weight excluding hydrogens is 326 g/mol. The topological polar surface area (TPSA) is 35.2 Å². The third-order valence-electron chi connectivity index (χ3n) is 2.87. The summed E-state index contributed by atoms with van der Waals surface area (Å²) in [7, 11) is 0. The SMILES string of the molecule is Cc1cc(N)cc(C)c1OCc1ccc(Br)cc1Cl. The summed E-state index contributed by atoms with van der Waals surface area (Å²) < 4.78 is 6.83. The average molecular weight is 341 g/mol. The van der Waals surface area contributed by atoms with Crippen LogP contribution in [0.4, 0.5) is 5.69 Å². The molecule has 2 aromatic carbocycles. The van der Waals surface area contributed by atoms with Gasteiger partial charge in [0.15, 0.2) is 0 Å². The van der Waals surface area contributed by atoms with Gasteiger partial charge in [0.1, 0.15) is 12.4 Å². The number of aryl methyl sites for hydroxylation is 2. The summed E-state index contributed by atoms with van der Waals surface area (Å²) in [5.41, 5.74) is 9.57. The molecule has 0 heterocycles. The minimum atomic E-state index is 0.442. The van der Waals surface area contributed by atoms with Crippen molar-refractivity contribution >= 4 is 33.2 Å². The van der Waals surface area contributed by atoms with Gasteiger partial charge >= 0.3 is 0 Å². The van der Waals surface area contributed by atoms with Crippen molar-refractivity contribution in [2.24, 2.45) is 0 Å². The summed E-state index contributed by atoms with van der Waals surface area (Å²) in [6.07, 6.45) is 0. The standard InChI is InChI=1S/C15H15BrClNO/c1-9-5-13(18)6-10(2)15(9)19-8-11-3-4-12(16)7-14(11)17/h3-7H,8,18H2,1-2H3. The van der Waals surface area contributed by atoms with Gasteiger partial charge in [0.05, 0.1) is 0 Å². The van der Waals surface area contributed by atoms with E-state index in [2.05, 4.69) is 15.9 Å². The fourth-order valence-corrected chi connectivity index (χ4v) is 2.73. The fourth-order valence-electron chi connectivity index (χ4n) is 2.00. The molecule has 0 aromatic heterocycles. The van der Waals surface area contributed by atoms with E-state index in [1.54, 1.807) is 0 Å². The van der Waals surface area contributed by atoms with Crippen LogP contribution in [-0.2, 0) is 6.61 Å². The number of rotatable bonds is 3. The van der Waals surface area contributed by atoms with Crippen molar-refractivity contribution in [1.82, 2.24) is 0 Å². The first-order chi connectivity index (χ1) is 8.97. The minimum Gasteiger partial charge on any atom is -0.488 e. The third kappa shape index (κ3) is 3.43. The van der Waals surface area contributed by atoms with Crippen molar-refractivity contribution < 1.29 is 4.74 Å². The highest BCUT2D eigenvalue weighted by atomic mass is 79.9. The molecule has 2 N–H and O–H groups in total. The molecule has 0 atom stereocenters. The van der Waals surface area contributed by atoms with Crippen LogP contribution in [-0.4, -0.2) is 0 Å². The summed E-state index contributed by atoms with van der Waals surface area (Å²) in [4.78, 5) is 0. The quantitative estimate of drug-likeness (QED) is 0.808. The first kappa shape index (κ1) is 14.2. The average Bonchev–Trinajstić information content (AvgIpc) is 2.30. The van der Waals surface area contributed by atoms with Gasteiger partial charge in [-0.25, -0.2) is 0 Å². The van der Waals surface area contributed by atoms with Gasteiger partial charge in [-0.05, 0) is 49.2 Å². The summed E-state index contributed by atoms with van der Waals surface area (Å²) >= 11 is 9.55. The van der Waals surface area contributed by atoms with Gasteiger partial charge in [0.25, 0.3) is 0 Å². The number of ether oxygens (including phenoxy) is 1. The predicted octanol–water partition coefficient (Wildman–Crippen LogP) is 4.88. The lowest BCUT2D eigenvalue weighted by Gasteiger charge is -2.13. The van der Waals surface area contributed by atoms with Gasteiger partial charge in [0, 0.05) is 20.7 Å². The molecule has 2 nitrogen and oxygen atoms in total. The highest BCUT2D eigenvalue weighted by Crippen LogP contribution is 2.28. The van der Waals surface area contributed by atoms with Crippen molar-refractivity contribution in [3.63, 3.8) is 0 Å². The smallest absolute Gasteiger partial charge is 0.125 e. The van der Waals surface area contributed by atoms with Crippen LogP contribution in [0.15, 0.2) is 34.8 Å². The molecule has 0 unspecified atom stereocenters. The van der Waals surface area contributed by atoms with Crippen LogP contribution in [0.25, 0.3) is 0 Å². The minimum absolute atomic E-state index is 0.442. The molecule has 0 radical (unpaired) electrons. The zero-order valence-corrected chi connectivity index (χ0v) is 13.2. The molecule has 2 aromatic rings. The van der Waals surface area contributed by atoms with E-state index < -0.39 is 0 Å². The van der Waals surface area contributed by atoms with E-state index in [0.717, 1.165) is 32.6 Å². The Labute approximate surface area is 126 Å². The van der Waals surface area contributed by atoms with Crippen molar-refractivity contribution in [3.05, 3.63) is 56.5 Å². The fraction of sp³-hybridized carbons (Fsp3) is 0.200. The lowest BCUT2D eigenvalue weighted by molar-refractivity contribution is 0.302. The van der Waals surface area contributed by atoms with Gasteiger partial charge in [-0.2, -0.15) is 0 Å². The Morgan fingerprint density at radius 1 is 1.16 bits per heavy atom. The first-order valence-corrected chi connectivity index (χ1v) is 7.08. The molecule has 4 heteroatoms. The highest BCUT2D eigenvalue weighted by molar-refractivity contribution is 9.10. The van der Waals surface area contributed by atoms with E-state index in [-0.39, 0.29) is 0 Å². The molecule has 2 rings (SSSR count). The van der Waals surface area contributed by atoms with E-state index in [1.165, 1.54) is 0 Å². The van der Waals surface area contributed by atoms with Crippen molar-refractivity contribution in [2.45, 2.75) is 20.5 Å². The summed E-state index contributed by atoms with van der Waals surface area (Å²) in [6, 6.07) is 9.58. The Hall–Kier alpha value is -1.19. The van der Waals surface area contributed by atoms with E-state index in [4.69, 9.17) is 22.1 Å². The Kier molecular flexibility index (Phi) is 4.38. The molecule has 0 aliphatic rings. The van der Waals surface area contributed by atoms with Gasteiger partial charge in [-0.3, -0.25) is 0 Å². The summed E-state index contributed by atoms with van der Waals surface area (Å²) in [5, 5.41) is 0.695. The second-order valence-corrected chi connectivity index (χ2v) is 5.83. The number of nitrogen functional groups attached to an aromatic ring is 1. The Balaban J connectivity index is 2.19. The lowest BCUT2D eigenvalue weighted by Crippen LogP contribution is -2.00. The van der Waals surface area contributed by atoms with E-state index in [1.807, 2.05) is 44.2 Å². The van der Waals surface area contributed by atoms with Crippen molar-refractivity contribution in [1.29, 1.82) is 0 Å². The number of nitrogens with two attached hydrogens (primary N) is 1. The van der Waals surface area contributed by atoms with Crippen molar-refractivity contribution in [2.75, 3.05) is 5.73 Å². The molecular formula is C15H15BrClNO. The van der Waals surface area contributed by atoms with Crippen molar-refractivity contribution in [3.8, 4) is 5.75 Å². The van der Waals surface area contributed by atoms with Crippen LogP contribution in [0, 0.1) is 13.8 Å². The van der Waals surface area contributed by atoms with E-state index in [0.29, 0.717) is 11.6 Å². The molecule has 19 heavy (non-hydrogen) atoms. The van der Waals surface area contributed by atoms with Crippen LogP contribution < -0.4 is 10.5 Å². The Morgan fingerprint density at radius 3 is 2.37 bits per heavy atom. The van der Waals surface area contributed by atoms with Crippen LogP contribution >= 0.6 is 27.5 Å². The zero-order chi connectivity index (χ0) is 14.0. The first-order valence-electron chi connectivity index (χ1n) is 5.91. The predicted molar refractivity (Wildman–Crippen MR) is 83.8 cm³/mol. The maximum Gasteiger partial charge on any atom is 0.125 e. The monoisotopic (exact) mass is 339 g/mol. The Bertz CT molecular complexity index is 590. The number of halogens is 2. The molecule has 0 bridgehead atoms. The maximum absolute atomic E-state index is 6.17. The van der Waals surface area contributed by atoms with Crippen LogP contribution in [0.2, 0.25) is 5.02 Å². The maximum atomic E-state index is 6.17. The van der Waals surface area contributed by atoms with Crippen LogP contribution in [0.5, 0.6) is 5.75 Å². The Morgan fingerprint density at radius 2 is 1.79 bits per heavy atom. The van der Waals surface area contributed by atoms with Crippen LogP contribution in [0.3, 0.4) is 0 Å². The largest absolute Gasteiger partial charge is 0.488 e. The normalized spacial score (nSPS) is 10.5. The molecule has 0 saturated carbocycles. The summed E-state index contributed by atoms with van der Waals surface area (Å²) in [6.45, 7) is 4.42. The van der Waals surface area contributed by atoms with E-state index >= 15 is 0 Å². The molecule has 0 aliphatic heterocycles. The molecule has 0 saturated heterocycles.